The normalized spacial score (nSPS) is 10.7. The first-order valence-corrected chi connectivity index (χ1v) is 9.03. The molecule has 4 aromatic rings. The van der Waals surface area contributed by atoms with Gasteiger partial charge in [0.25, 0.3) is 11.6 Å². The maximum Gasteiger partial charge on any atom is 0.269 e. The van der Waals surface area contributed by atoms with Crippen molar-refractivity contribution >= 4 is 17.3 Å². The molecule has 1 heterocycles. The number of aromatic nitrogens is 2. The molecule has 144 valence electrons. The maximum absolute atomic E-state index is 10.7. The van der Waals surface area contributed by atoms with E-state index in [1.807, 2.05) is 48.5 Å². The number of rotatable bonds is 6. The molecule has 0 unspecified atom stereocenters. The highest BCUT2D eigenvalue weighted by Crippen LogP contribution is 2.26. The standard InChI is InChI=1S/C21H14ClN3O4/c22-19-4-2-1-3-16(19)13-28-18-11-7-15(8-12-18)21-23-20(24-29-21)14-5-9-17(10-6-14)25(26)27/h1-12H,13H2. The molecule has 4 rings (SSSR count). The fourth-order valence-corrected chi connectivity index (χ4v) is 2.85. The predicted molar refractivity (Wildman–Crippen MR) is 108 cm³/mol. The number of benzene rings is 3. The van der Waals surface area contributed by atoms with E-state index in [-0.39, 0.29) is 5.69 Å². The summed E-state index contributed by atoms with van der Waals surface area (Å²) in [5, 5.41) is 15.4. The third kappa shape index (κ3) is 4.25. The highest BCUT2D eigenvalue weighted by atomic mass is 35.5. The second-order valence-electron chi connectivity index (χ2n) is 6.13. The highest BCUT2D eigenvalue weighted by Gasteiger charge is 2.12. The molecule has 29 heavy (non-hydrogen) atoms. The molecule has 0 atom stereocenters. The molecular weight excluding hydrogens is 394 g/mol. The molecule has 7 nitrogen and oxygen atoms in total. The van der Waals surface area contributed by atoms with Crippen LogP contribution in [0.5, 0.6) is 5.75 Å². The first kappa shape index (κ1) is 18.6. The van der Waals surface area contributed by atoms with Crippen molar-refractivity contribution in [3.05, 3.63) is 93.5 Å². The van der Waals surface area contributed by atoms with Gasteiger partial charge in [0.1, 0.15) is 12.4 Å². The molecule has 0 spiro atoms. The third-order valence-corrected chi connectivity index (χ3v) is 4.58. The van der Waals surface area contributed by atoms with Gasteiger partial charge in [0.2, 0.25) is 5.82 Å². The Hall–Kier alpha value is -3.71. The van der Waals surface area contributed by atoms with Crippen LogP contribution in [0.15, 0.2) is 77.3 Å². The van der Waals surface area contributed by atoms with E-state index in [9.17, 15) is 10.1 Å². The molecule has 8 heteroatoms. The van der Waals surface area contributed by atoms with E-state index >= 15 is 0 Å². The lowest BCUT2D eigenvalue weighted by Gasteiger charge is -2.07. The molecule has 0 saturated heterocycles. The molecular formula is C21H14ClN3O4. The molecule has 1 aromatic heterocycles. The van der Waals surface area contributed by atoms with Crippen molar-refractivity contribution in [1.29, 1.82) is 0 Å². The summed E-state index contributed by atoms with van der Waals surface area (Å²) in [5.74, 6) is 1.38. The van der Waals surface area contributed by atoms with Gasteiger partial charge in [0, 0.05) is 33.8 Å². The van der Waals surface area contributed by atoms with Gasteiger partial charge in [0.05, 0.1) is 4.92 Å². The lowest BCUT2D eigenvalue weighted by atomic mass is 10.2. The number of non-ortho nitro benzene ring substituents is 1. The molecule has 0 bridgehead atoms. The van der Waals surface area contributed by atoms with Crippen LogP contribution in [0, 0.1) is 10.1 Å². The molecule has 0 fully saturated rings. The summed E-state index contributed by atoms with van der Waals surface area (Å²) in [7, 11) is 0. The zero-order valence-electron chi connectivity index (χ0n) is 15.0. The fraction of sp³-hybridized carbons (Fsp3) is 0.0476. The summed E-state index contributed by atoms with van der Waals surface area (Å²) in [5.41, 5.74) is 2.27. The molecule has 0 N–H and O–H groups in total. The summed E-state index contributed by atoms with van der Waals surface area (Å²) in [6.07, 6.45) is 0. The van der Waals surface area contributed by atoms with Crippen LogP contribution >= 0.6 is 11.6 Å². The number of ether oxygens (including phenoxy) is 1. The Morgan fingerprint density at radius 3 is 2.34 bits per heavy atom. The van der Waals surface area contributed by atoms with Crippen LogP contribution in [0.1, 0.15) is 5.56 Å². The van der Waals surface area contributed by atoms with E-state index in [1.165, 1.54) is 12.1 Å². The number of hydrogen-bond donors (Lipinski definition) is 0. The quantitative estimate of drug-likeness (QED) is 0.307. The first-order valence-electron chi connectivity index (χ1n) is 8.65. The zero-order valence-corrected chi connectivity index (χ0v) is 15.7. The van der Waals surface area contributed by atoms with Gasteiger partial charge < -0.3 is 9.26 Å². The minimum atomic E-state index is -0.458. The second kappa shape index (κ2) is 8.12. The van der Waals surface area contributed by atoms with Gasteiger partial charge in [-0.05, 0) is 42.5 Å². The van der Waals surface area contributed by atoms with E-state index in [0.29, 0.717) is 34.7 Å². The van der Waals surface area contributed by atoms with Crippen LogP contribution in [-0.2, 0) is 6.61 Å². The van der Waals surface area contributed by atoms with Gasteiger partial charge in [-0.25, -0.2) is 0 Å². The molecule has 0 radical (unpaired) electrons. The van der Waals surface area contributed by atoms with Gasteiger partial charge >= 0.3 is 0 Å². The Labute approximate surface area is 170 Å². The summed E-state index contributed by atoms with van der Waals surface area (Å²) >= 11 is 6.13. The topological polar surface area (TPSA) is 91.3 Å². The Kier molecular flexibility index (Phi) is 5.22. The second-order valence-corrected chi connectivity index (χ2v) is 6.54. The SMILES string of the molecule is O=[N+]([O-])c1ccc(-c2noc(-c3ccc(OCc4ccccc4Cl)cc3)n2)cc1. The molecule has 0 saturated carbocycles. The van der Waals surface area contributed by atoms with Crippen molar-refractivity contribution in [3.63, 3.8) is 0 Å². The Bertz CT molecular complexity index is 1140. The number of nitrogens with zero attached hydrogens (tertiary/aromatic N) is 3. The minimum Gasteiger partial charge on any atom is -0.489 e. The molecule has 0 aliphatic rings. The Morgan fingerprint density at radius 2 is 1.66 bits per heavy atom. The first-order chi connectivity index (χ1) is 14.1. The largest absolute Gasteiger partial charge is 0.489 e. The molecule has 0 aliphatic carbocycles. The van der Waals surface area contributed by atoms with Crippen LogP contribution in [0.4, 0.5) is 5.69 Å². The van der Waals surface area contributed by atoms with Crippen molar-refractivity contribution < 1.29 is 14.2 Å². The van der Waals surface area contributed by atoms with Crippen LogP contribution in [0.3, 0.4) is 0 Å². The summed E-state index contributed by atoms with van der Waals surface area (Å²) < 4.78 is 11.1. The predicted octanol–water partition coefficient (Wildman–Crippen LogP) is 5.54. The van der Waals surface area contributed by atoms with E-state index in [2.05, 4.69) is 10.1 Å². The van der Waals surface area contributed by atoms with Gasteiger partial charge in [-0.15, -0.1) is 0 Å². The summed E-state index contributed by atoms with van der Waals surface area (Å²) in [6.45, 7) is 0.365. The molecule has 0 aliphatic heterocycles. The lowest BCUT2D eigenvalue weighted by molar-refractivity contribution is -0.384. The minimum absolute atomic E-state index is 0.00449. The zero-order chi connectivity index (χ0) is 20.2. The highest BCUT2D eigenvalue weighted by molar-refractivity contribution is 6.31. The maximum atomic E-state index is 10.7. The van der Waals surface area contributed by atoms with E-state index in [1.54, 1.807) is 12.1 Å². The smallest absolute Gasteiger partial charge is 0.269 e. The van der Waals surface area contributed by atoms with E-state index in [4.69, 9.17) is 20.9 Å². The van der Waals surface area contributed by atoms with Crippen molar-refractivity contribution in [1.82, 2.24) is 10.1 Å². The molecule has 3 aromatic carbocycles. The lowest BCUT2D eigenvalue weighted by Crippen LogP contribution is -1.95. The van der Waals surface area contributed by atoms with Gasteiger partial charge in [0.15, 0.2) is 0 Å². The monoisotopic (exact) mass is 407 g/mol. The van der Waals surface area contributed by atoms with Crippen LogP contribution in [0.2, 0.25) is 5.02 Å². The number of nitro groups is 1. The Morgan fingerprint density at radius 1 is 0.966 bits per heavy atom. The van der Waals surface area contributed by atoms with Crippen molar-refractivity contribution in [2.75, 3.05) is 0 Å². The number of halogens is 1. The van der Waals surface area contributed by atoms with Gasteiger partial charge in [-0.1, -0.05) is 35.0 Å². The number of nitro benzene ring substituents is 1. The van der Waals surface area contributed by atoms with Crippen molar-refractivity contribution in [2.24, 2.45) is 0 Å². The Balaban J connectivity index is 1.45. The fourth-order valence-electron chi connectivity index (χ4n) is 2.66. The van der Waals surface area contributed by atoms with Crippen molar-refractivity contribution in [2.45, 2.75) is 6.61 Å². The van der Waals surface area contributed by atoms with E-state index in [0.717, 1.165) is 11.1 Å². The van der Waals surface area contributed by atoms with Gasteiger partial charge in [-0.2, -0.15) is 4.98 Å². The average Bonchev–Trinajstić information content (AvgIpc) is 3.24. The summed E-state index contributed by atoms with van der Waals surface area (Å²) in [4.78, 5) is 14.6. The van der Waals surface area contributed by atoms with E-state index < -0.39 is 4.92 Å². The average molecular weight is 408 g/mol. The van der Waals surface area contributed by atoms with Gasteiger partial charge in [-0.3, -0.25) is 10.1 Å². The molecule has 0 amide bonds. The van der Waals surface area contributed by atoms with Crippen LogP contribution < -0.4 is 4.74 Å². The number of hydrogen-bond acceptors (Lipinski definition) is 6. The van der Waals surface area contributed by atoms with Crippen molar-refractivity contribution in [3.8, 4) is 28.6 Å². The third-order valence-electron chi connectivity index (χ3n) is 4.22. The summed E-state index contributed by atoms with van der Waals surface area (Å²) in [6, 6.07) is 20.7. The van der Waals surface area contributed by atoms with Crippen LogP contribution in [0.25, 0.3) is 22.8 Å². The van der Waals surface area contributed by atoms with Crippen LogP contribution in [-0.4, -0.2) is 15.1 Å².